The topological polar surface area (TPSA) is 88.4 Å². The molecular weight excluding hydrogens is 354 g/mol. The van der Waals surface area contributed by atoms with Crippen LogP contribution in [0.1, 0.15) is 38.3 Å². The van der Waals surface area contributed by atoms with E-state index in [1.54, 1.807) is 23.0 Å². The molecule has 0 atom stereocenters. The van der Waals surface area contributed by atoms with Crippen molar-refractivity contribution in [3.63, 3.8) is 0 Å². The number of ketones is 1. The van der Waals surface area contributed by atoms with E-state index >= 15 is 0 Å². The van der Waals surface area contributed by atoms with Crippen LogP contribution in [0.4, 0.5) is 11.5 Å². The first-order chi connectivity index (χ1) is 13.3. The molecule has 0 spiro atoms. The van der Waals surface area contributed by atoms with Gasteiger partial charge in [-0.15, -0.1) is 0 Å². The van der Waals surface area contributed by atoms with Crippen molar-refractivity contribution in [3.05, 3.63) is 59.5 Å². The molecule has 4 rings (SSSR count). The zero-order valence-corrected chi connectivity index (χ0v) is 16.0. The number of Topliss-reactive ketones (excluding diaryl/α,β-unsaturated/α-hetero) is 1. The van der Waals surface area contributed by atoms with Gasteiger partial charge in [0.2, 0.25) is 5.91 Å². The summed E-state index contributed by atoms with van der Waals surface area (Å²) >= 11 is 0. The van der Waals surface area contributed by atoms with Gasteiger partial charge in [0.25, 0.3) is 0 Å². The summed E-state index contributed by atoms with van der Waals surface area (Å²) in [4.78, 5) is 27.9. The lowest BCUT2D eigenvalue weighted by atomic mass is 9.87. The van der Waals surface area contributed by atoms with Gasteiger partial charge in [0.1, 0.15) is 5.82 Å². The van der Waals surface area contributed by atoms with Crippen LogP contribution >= 0.6 is 0 Å². The van der Waals surface area contributed by atoms with Crippen LogP contribution in [0, 0.1) is 0 Å². The fourth-order valence-corrected chi connectivity index (χ4v) is 3.05. The molecule has 1 aromatic carbocycles. The quantitative estimate of drug-likeness (QED) is 0.542. The molecule has 28 heavy (non-hydrogen) atoms. The Labute approximate surface area is 162 Å². The zero-order valence-electron chi connectivity index (χ0n) is 16.0. The lowest BCUT2D eigenvalue weighted by Crippen LogP contribution is -2.12. The predicted molar refractivity (Wildman–Crippen MR) is 107 cm³/mol. The number of carbonyl (C=O) groups is 2. The van der Waals surface area contributed by atoms with E-state index in [2.05, 4.69) is 53.6 Å². The minimum atomic E-state index is -0.290. The summed E-state index contributed by atoms with van der Waals surface area (Å²) < 4.78 is 1.63. The van der Waals surface area contributed by atoms with E-state index in [4.69, 9.17) is 0 Å². The molecule has 7 heteroatoms. The number of fused-ring (bicyclic) bond motifs is 1. The van der Waals surface area contributed by atoms with Crippen molar-refractivity contribution in [2.75, 3.05) is 5.32 Å². The second-order valence-electron chi connectivity index (χ2n) is 7.84. The summed E-state index contributed by atoms with van der Waals surface area (Å²) in [5.74, 6) is 0.153. The summed E-state index contributed by atoms with van der Waals surface area (Å²) in [5, 5.41) is 10.2. The first-order valence-electron chi connectivity index (χ1n) is 9.06. The van der Waals surface area contributed by atoms with Crippen molar-refractivity contribution in [2.45, 2.75) is 32.6 Å². The predicted octanol–water partition coefficient (Wildman–Crippen LogP) is 3.20. The van der Waals surface area contributed by atoms with Gasteiger partial charge in [-0.2, -0.15) is 5.10 Å². The number of hydrogen-bond acceptors (Lipinski definition) is 5. The van der Waals surface area contributed by atoms with Gasteiger partial charge in [-0.25, -0.2) is 9.50 Å². The highest BCUT2D eigenvalue weighted by Gasteiger charge is 2.24. The zero-order chi connectivity index (χ0) is 19.9. The maximum absolute atomic E-state index is 11.9. The van der Waals surface area contributed by atoms with Crippen LogP contribution in [0.15, 0.2) is 48.4 Å². The van der Waals surface area contributed by atoms with Crippen molar-refractivity contribution in [2.24, 2.45) is 0 Å². The fraction of sp³-hybridized carbons (Fsp3) is 0.238. The van der Waals surface area contributed by atoms with Gasteiger partial charge in [-0.05, 0) is 35.3 Å². The lowest BCUT2D eigenvalue weighted by molar-refractivity contribution is -0.121. The number of allylic oxidation sites excluding steroid dienone is 1. The molecule has 1 saturated heterocycles. The molecule has 0 unspecified atom stereocenters. The molecule has 142 valence electrons. The maximum Gasteiger partial charge on any atom is 0.232 e. The minimum Gasteiger partial charge on any atom is -0.340 e. The van der Waals surface area contributed by atoms with Crippen LogP contribution in [0.25, 0.3) is 11.7 Å². The van der Waals surface area contributed by atoms with E-state index < -0.39 is 0 Å². The molecule has 1 amide bonds. The first-order valence-corrected chi connectivity index (χ1v) is 9.06. The van der Waals surface area contributed by atoms with Crippen LogP contribution in [0.5, 0.6) is 0 Å². The first kappa shape index (κ1) is 17.9. The highest BCUT2D eigenvalue weighted by molar-refractivity contribution is 6.17. The van der Waals surface area contributed by atoms with Gasteiger partial charge >= 0.3 is 0 Å². The highest BCUT2D eigenvalue weighted by atomic mass is 16.2. The molecule has 1 fully saturated rings. The molecule has 3 aromatic rings. The third kappa shape index (κ3) is 3.51. The molecule has 0 aliphatic carbocycles. The van der Waals surface area contributed by atoms with Crippen LogP contribution in [-0.4, -0.2) is 26.3 Å². The summed E-state index contributed by atoms with van der Waals surface area (Å²) in [6.07, 6.45) is 4.92. The Bertz CT molecular complexity index is 1120. The van der Waals surface area contributed by atoms with Crippen molar-refractivity contribution >= 4 is 34.9 Å². The number of amides is 1. The van der Waals surface area contributed by atoms with Crippen molar-refractivity contribution in [3.8, 4) is 0 Å². The Morgan fingerprint density at radius 2 is 2.04 bits per heavy atom. The van der Waals surface area contributed by atoms with Gasteiger partial charge < -0.3 is 10.6 Å². The number of rotatable bonds is 3. The molecule has 1 aliphatic rings. The largest absolute Gasteiger partial charge is 0.340 e. The maximum atomic E-state index is 11.9. The molecular formula is C21H21N5O2. The van der Waals surface area contributed by atoms with Crippen molar-refractivity contribution in [1.29, 1.82) is 0 Å². The Kier molecular flexibility index (Phi) is 4.22. The SMILES string of the molecule is CC(C)(C)c1cccc(Nc2ccn3ncc(/C=C4/NC(=O)CC4=O)c3n2)c1. The normalized spacial score (nSPS) is 16.0. The number of nitrogens with one attached hydrogen (secondary N) is 2. The van der Waals surface area contributed by atoms with Crippen molar-refractivity contribution in [1.82, 2.24) is 19.9 Å². The molecule has 2 aromatic heterocycles. The number of carbonyl (C=O) groups excluding carboxylic acids is 2. The lowest BCUT2D eigenvalue weighted by Gasteiger charge is -2.20. The standard InChI is InChI=1S/C21H21N5O2/c1-21(2,3)14-5-4-6-15(10-14)23-18-7-8-26-20(25-18)13(12-22-26)9-16-17(27)11-19(28)24-16/h4-10,12H,11H2,1-3H3,(H,23,25)(H,24,28)/b16-9+. The average molecular weight is 375 g/mol. The molecule has 1 aliphatic heterocycles. The van der Waals surface area contributed by atoms with Crippen LogP contribution in [0.2, 0.25) is 0 Å². The molecule has 2 N–H and O–H groups in total. The number of nitrogens with zero attached hydrogens (tertiary/aromatic N) is 3. The van der Waals surface area contributed by atoms with E-state index in [9.17, 15) is 9.59 Å². The Morgan fingerprint density at radius 3 is 2.75 bits per heavy atom. The van der Waals surface area contributed by atoms with Crippen LogP contribution in [-0.2, 0) is 15.0 Å². The summed E-state index contributed by atoms with van der Waals surface area (Å²) in [7, 11) is 0. The highest BCUT2D eigenvalue weighted by Crippen LogP contribution is 2.26. The van der Waals surface area contributed by atoms with E-state index in [1.807, 2.05) is 18.2 Å². The second-order valence-corrected chi connectivity index (χ2v) is 7.84. The van der Waals surface area contributed by atoms with Crippen LogP contribution in [0.3, 0.4) is 0 Å². The number of hydrogen-bond donors (Lipinski definition) is 2. The van der Waals surface area contributed by atoms with E-state index in [-0.39, 0.29) is 29.2 Å². The third-order valence-corrected chi connectivity index (χ3v) is 4.59. The van der Waals surface area contributed by atoms with Gasteiger partial charge in [-0.3, -0.25) is 9.59 Å². The Hall–Kier alpha value is -3.48. The van der Waals surface area contributed by atoms with E-state index in [0.29, 0.717) is 17.0 Å². The second kappa shape index (κ2) is 6.60. The Morgan fingerprint density at radius 1 is 1.21 bits per heavy atom. The van der Waals surface area contributed by atoms with Gasteiger partial charge in [0, 0.05) is 17.4 Å². The number of anilines is 2. The summed E-state index contributed by atoms with van der Waals surface area (Å²) in [6, 6.07) is 10.1. The fourth-order valence-electron chi connectivity index (χ4n) is 3.05. The monoisotopic (exact) mass is 375 g/mol. The third-order valence-electron chi connectivity index (χ3n) is 4.59. The molecule has 0 radical (unpaired) electrons. The smallest absolute Gasteiger partial charge is 0.232 e. The van der Waals surface area contributed by atoms with Gasteiger partial charge in [0.15, 0.2) is 11.4 Å². The Balaban J connectivity index is 1.66. The molecule has 0 saturated carbocycles. The van der Waals surface area contributed by atoms with Gasteiger partial charge in [-0.1, -0.05) is 32.9 Å². The number of benzene rings is 1. The molecule has 7 nitrogen and oxygen atoms in total. The minimum absolute atomic E-state index is 0.0537. The number of aromatic nitrogens is 3. The summed E-state index contributed by atoms with van der Waals surface area (Å²) in [6.45, 7) is 6.52. The van der Waals surface area contributed by atoms with Crippen LogP contribution < -0.4 is 10.6 Å². The van der Waals surface area contributed by atoms with Crippen molar-refractivity contribution < 1.29 is 9.59 Å². The van der Waals surface area contributed by atoms with E-state index in [1.165, 1.54) is 5.56 Å². The molecule has 3 heterocycles. The average Bonchev–Trinajstić information content (AvgIpc) is 3.17. The van der Waals surface area contributed by atoms with Gasteiger partial charge in [0.05, 0.1) is 18.3 Å². The summed E-state index contributed by atoms with van der Waals surface area (Å²) in [5.41, 5.74) is 3.76. The van der Waals surface area contributed by atoms with E-state index in [0.717, 1.165) is 5.69 Å². The molecule has 0 bridgehead atoms.